The number of nitrogens with one attached hydrogen (secondary N) is 1. The molecule has 1 aliphatic heterocycles. The Balaban J connectivity index is 1.63. The molecule has 1 heterocycles. The lowest BCUT2D eigenvalue weighted by Gasteiger charge is -2.14. The molecule has 0 aromatic heterocycles. The molecule has 2 N–H and O–H groups in total. The van der Waals surface area contributed by atoms with Crippen LogP contribution in [0.15, 0.2) is 47.4 Å². The summed E-state index contributed by atoms with van der Waals surface area (Å²) in [6.07, 6.45) is 1.83. The summed E-state index contributed by atoms with van der Waals surface area (Å²) in [4.78, 5) is 26.8. The third-order valence-corrected chi connectivity index (χ3v) is 5.65. The van der Waals surface area contributed by atoms with E-state index in [0.29, 0.717) is 26.2 Å². The summed E-state index contributed by atoms with van der Waals surface area (Å²) in [7, 11) is 1.46. The Morgan fingerprint density at radius 3 is 2.69 bits per heavy atom. The molecule has 150 valence electrons. The molecule has 29 heavy (non-hydrogen) atoms. The number of methoxy groups -OCH3 is 1. The number of carbonyl (C=O) groups is 2. The first-order valence-corrected chi connectivity index (χ1v) is 10.1. The van der Waals surface area contributed by atoms with Crippen molar-refractivity contribution >= 4 is 51.9 Å². The Kier molecular flexibility index (Phi) is 6.56. The van der Waals surface area contributed by atoms with Crippen LogP contribution in [-0.4, -0.2) is 39.8 Å². The van der Waals surface area contributed by atoms with E-state index in [9.17, 15) is 14.7 Å². The lowest BCUT2D eigenvalue weighted by molar-refractivity contribution is -0.122. The van der Waals surface area contributed by atoms with E-state index in [2.05, 4.69) is 5.32 Å². The number of benzene rings is 2. The normalized spacial score (nSPS) is 15.1. The number of carbonyl (C=O) groups excluding carboxylic acids is 2. The van der Waals surface area contributed by atoms with Gasteiger partial charge < -0.3 is 15.2 Å². The summed E-state index contributed by atoms with van der Waals surface area (Å²) in [5.41, 5.74) is 2.53. The molecule has 6 nitrogen and oxygen atoms in total. The fourth-order valence-electron chi connectivity index (χ4n) is 2.70. The number of phenolic OH excluding ortho intramolecular Hbond substituents is 1. The number of thioether (sulfide) groups is 1. The third-order valence-electron chi connectivity index (χ3n) is 4.27. The van der Waals surface area contributed by atoms with Gasteiger partial charge in [0.1, 0.15) is 4.32 Å². The predicted octanol–water partition coefficient (Wildman–Crippen LogP) is 3.94. The zero-order chi connectivity index (χ0) is 21.0. The largest absolute Gasteiger partial charge is 0.504 e. The number of phenols is 1. The second-order valence-electron chi connectivity index (χ2n) is 6.43. The van der Waals surface area contributed by atoms with Gasteiger partial charge in [-0.05, 0) is 42.8 Å². The first-order valence-electron chi connectivity index (χ1n) is 8.86. The van der Waals surface area contributed by atoms with Gasteiger partial charge in [0.25, 0.3) is 5.91 Å². The number of amides is 2. The molecular formula is C21H20N2O4S2. The van der Waals surface area contributed by atoms with Gasteiger partial charge in [0.2, 0.25) is 5.91 Å². The molecule has 2 aromatic rings. The lowest BCUT2D eigenvalue weighted by atomic mass is 10.2. The van der Waals surface area contributed by atoms with E-state index in [4.69, 9.17) is 17.0 Å². The minimum Gasteiger partial charge on any atom is -0.504 e. The van der Waals surface area contributed by atoms with E-state index in [1.807, 2.05) is 31.2 Å². The molecule has 2 amide bonds. The fraction of sp³-hybridized carbons (Fsp3) is 0.190. The van der Waals surface area contributed by atoms with Crippen LogP contribution in [0.2, 0.25) is 0 Å². The number of hydrogen-bond donors (Lipinski definition) is 2. The standard InChI is InChI=1S/C21H20N2O4S2/c1-13-3-6-15(7-4-13)22-19(25)9-10-23-20(26)18(29-21(23)28)12-14-5-8-16(24)17(11-14)27-2/h3-8,11-12,24H,9-10H2,1-2H3,(H,22,25)/b18-12-. The van der Waals surface area contributed by atoms with Crippen LogP contribution in [0.25, 0.3) is 6.08 Å². The van der Waals surface area contributed by atoms with Gasteiger partial charge in [0.05, 0.1) is 12.0 Å². The topological polar surface area (TPSA) is 78.9 Å². The van der Waals surface area contributed by atoms with Gasteiger partial charge in [0, 0.05) is 18.7 Å². The van der Waals surface area contributed by atoms with Gasteiger partial charge in [-0.25, -0.2) is 0 Å². The Hall–Kier alpha value is -2.84. The molecule has 0 unspecified atom stereocenters. The molecule has 0 radical (unpaired) electrons. The number of aromatic hydroxyl groups is 1. The van der Waals surface area contributed by atoms with Crippen LogP contribution in [0.1, 0.15) is 17.5 Å². The number of thiocarbonyl (C=S) groups is 1. The SMILES string of the molecule is COc1cc(/C=C2\SC(=S)N(CCC(=O)Nc3ccc(C)cc3)C2=O)ccc1O. The maximum Gasteiger partial charge on any atom is 0.266 e. The van der Waals surface area contributed by atoms with Crippen LogP contribution in [0.5, 0.6) is 11.5 Å². The summed E-state index contributed by atoms with van der Waals surface area (Å²) >= 11 is 6.49. The predicted molar refractivity (Wildman–Crippen MR) is 119 cm³/mol. The zero-order valence-electron chi connectivity index (χ0n) is 16.0. The Bertz CT molecular complexity index is 987. The summed E-state index contributed by atoms with van der Waals surface area (Å²) in [6.45, 7) is 2.18. The lowest BCUT2D eigenvalue weighted by Crippen LogP contribution is -2.31. The molecule has 0 spiro atoms. The Morgan fingerprint density at radius 1 is 1.28 bits per heavy atom. The van der Waals surface area contributed by atoms with Crippen molar-refractivity contribution in [2.24, 2.45) is 0 Å². The summed E-state index contributed by atoms with van der Waals surface area (Å²) in [5.74, 6) is -0.0795. The Labute approximate surface area is 178 Å². The van der Waals surface area contributed by atoms with Crippen molar-refractivity contribution in [1.29, 1.82) is 0 Å². The van der Waals surface area contributed by atoms with Crippen LogP contribution >= 0.6 is 24.0 Å². The number of nitrogens with zero attached hydrogens (tertiary/aromatic N) is 1. The van der Waals surface area contributed by atoms with E-state index in [0.717, 1.165) is 5.56 Å². The number of anilines is 1. The number of ether oxygens (including phenoxy) is 1. The van der Waals surface area contributed by atoms with Crippen molar-refractivity contribution < 1.29 is 19.4 Å². The van der Waals surface area contributed by atoms with Crippen molar-refractivity contribution in [2.45, 2.75) is 13.3 Å². The monoisotopic (exact) mass is 428 g/mol. The molecule has 8 heteroatoms. The number of aryl methyl sites for hydroxylation is 1. The highest BCUT2D eigenvalue weighted by Crippen LogP contribution is 2.34. The van der Waals surface area contributed by atoms with Gasteiger partial charge in [-0.2, -0.15) is 0 Å². The van der Waals surface area contributed by atoms with Crippen LogP contribution in [0, 0.1) is 6.92 Å². The highest BCUT2D eigenvalue weighted by atomic mass is 32.2. The summed E-state index contributed by atoms with van der Waals surface area (Å²) in [5, 5.41) is 12.5. The average Bonchev–Trinajstić information content (AvgIpc) is 2.96. The van der Waals surface area contributed by atoms with Gasteiger partial charge in [-0.1, -0.05) is 47.7 Å². The maximum absolute atomic E-state index is 12.7. The third kappa shape index (κ3) is 5.16. The molecule has 0 aliphatic carbocycles. The van der Waals surface area contributed by atoms with Crippen molar-refractivity contribution in [1.82, 2.24) is 4.90 Å². The van der Waals surface area contributed by atoms with E-state index < -0.39 is 0 Å². The van der Waals surface area contributed by atoms with Crippen LogP contribution in [-0.2, 0) is 9.59 Å². The highest BCUT2D eigenvalue weighted by Gasteiger charge is 2.32. The molecule has 0 atom stereocenters. The first-order chi connectivity index (χ1) is 13.9. The first kappa shape index (κ1) is 20.9. The van der Waals surface area contributed by atoms with Crippen molar-refractivity contribution in [3.05, 3.63) is 58.5 Å². The molecule has 3 rings (SSSR count). The van der Waals surface area contributed by atoms with Gasteiger partial charge in [0.15, 0.2) is 11.5 Å². The maximum atomic E-state index is 12.7. The van der Waals surface area contributed by atoms with Crippen LogP contribution in [0.3, 0.4) is 0 Å². The minimum atomic E-state index is -0.241. The smallest absolute Gasteiger partial charge is 0.266 e. The van der Waals surface area contributed by atoms with Crippen molar-refractivity contribution in [2.75, 3.05) is 19.0 Å². The molecule has 0 bridgehead atoms. The van der Waals surface area contributed by atoms with E-state index >= 15 is 0 Å². The summed E-state index contributed by atoms with van der Waals surface area (Å²) < 4.78 is 5.50. The molecule has 1 fully saturated rings. The molecule has 1 saturated heterocycles. The van der Waals surface area contributed by atoms with E-state index in [1.165, 1.54) is 29.8 Å². The van der Waals surface area contributed by atoms with Gasteiger partial charge in [-0.15, -0.1) is 0 Å². The molecule has 1 aliphatic rings. The molecule has 2 aromatic carbocycles. The quantitative estimate of drug-likeness (QED) is 0.536. The minimum absolute atomic E-state index is 0.0248. The summed E-state index contributed by atoms with van der Waals surface area (Å²) in [6, 6.07) is 12.3. The highest BCUT2D eigenvalue weighted by molar-refractivity contribution is 8.26. The number of hydrogen-bond acceptors (Lipinski definition) is 6. The van der Waals surface area contributed by atoms with Crippen molar-refractivity contribution in [3.63, 3.8) is 0 Å². The van der Waals surface area contributed by atoms with Crippen molar-refractivity contribution in [3.8, 4) is 11.5 Å². The molecular weight excluding hydrogens is 408 g/mol. The Morgan fingerprint density at radius 2 is 2.00 bits per heavy atom. The molecule has 0 saturated carbocycles. The van der Waals surface area contributed by atoms with E-state index in [-0.39, 0.29) is 30.5 Å². The van der Waals surface area contributed by atoms with Gasteiger partial charge >= 0.3 is 0 Å². The fourth-order valence-corrected chi connectivity index (χ4v) is 4.01. The van der Waals surface area contributed by atoms with Crippen LogP contribution < -0.4 is 10.1 Å². The average molecular weight is 429 g/mol. The zero-order valence-corrected chi connectivity index (χ0v) is 17.6. The number of rotatable bonds is 6. The second-order valence-corrected chi connectivity index (χ2v) is 8.10. The van der Waals surface area contributed by atoms with Crippen LogP contribution in [0.4, 0.5) is 5.69 Å². The second kappa shape index (κ2) is 9.11. The van der Waals surface area contributed by atoms with Gasteiger partial charge in [-0.3, -0.25) is 14.5 Å². The van der Waals surface area contributed by atoms with E-state index in [1.54, 1.807) is 18.2 Å².